The number of carbonyl (C=O) groups excluding carboxylic acids is 1. The number of carbonyl (C=O) groups is 1. The van der Waals surface area contributed by atoms with E-state index >= 15 is 0 Å². The smallest absolute Gasteiger partial charge is 0.404 e. The summed E-state index contributed by atoms with van der Waals surface area (Å²) in [7, 11) is 0. The molecule has 2 nitrogen and oxygen atoms in total. The molecule has 0 aromatic heterocycles. The van der Waals surface area contributed by atoms with Crippen LogP contribution in [0.2, 0.25) is 0 Å². The van der Waals surface area contributed by atoms with Crippen molar-refractivity contribution in [3.8, 4) is 0 Å². The zero-order valence-electron chi connectivity index (χ0n) is 6.27. The first kappa shape index (κ1) is 8.74. The summed E-state index contributed by atoms with van der Waals surface area (Å²) >= 11 is 4.18. The topological polar surface area (TPSA) is 26.3 Å². The van der Waals surface area contributed by atoms with Crippen LogP contribution in [0.5, 0.6) is 0 Å². The summed E-state index contributed by atoms with van der Waals surface area (Å²) in [5.41, 5.74) is 0.966. The van der Waals surface area contributed by atoms with E-state index < -0.39 is 5.30 Å². The van der Waals surface area contributed by atoms with Crippen LogP contribution in [0.3, 0.4) is 0 Å². The molecule has 0 fully saturated rings. The average molecular weight is 179 g/mol. The minimum absolute atomic E-state index is 0.720. The number of rotatable bonds is 2. The quantitative estimate of drug-likeness (QED) is 0.515. The molecule has 0 aliphatic rings. The zero-order valence-corrected chi connectivity index (χ0v) is 7.08. The van der Waals surface area contributed by atoms with Gasteiger partial charge >= 0.3 is 5.30 Å². The Labute approximate surface area is 76.3 Å². The predicted molar refractivity (Wildman–Crippen MR) is 49.5 cm³/mol. The Kier molecular flexibility index (Phi) is 3.29. The average Bonchev–Trinajstić information content (AvgIpc) is 2.05. The van der Waals surface area contributed by atoms with Crippen molar-refractivity contribution in [2.45, 2.75) is 0 Å². The highest BCUT2D eigenvalue weighted by Gasteiger charge is 1.88. The molecule has 0 atom stereocenters. The third-order valence-electron chi connectivity index (χ3n) is 1.22. The molecule has 0 heterocycles. The van der Waals surface area contributed by atoms with Gasteiger partial charge in [-0.2, -0.15) is 0 Å². The van der Waals surface area contributed by atoms with Gasteiger partial charge in [-0.1, -0.05) is 30.3 Å². The van der Waals surface area contributed by atoms with E-state index in [1.54, 1.807) is 6.08 Å². The molecule has 1 rings (SSSR count). The predicted octanol–water partition coefficient (Wildman–Crippen LogP) is 2.99. The molecule has 0 aliphatic heterocycles. The molecule has 0 N–H and O–H groups in total. The van der Waals surface area contributed by atoms with Crippen molar-refractivity contribution in [1.29, 1.82) is 0 Å². The molecule has 61 valence electrons. The summed E-state index contributed by atoms with van der Waals surface area (Å²) in [6.45, 7) is 0. The lowest BCUT2D eigenvalue weighted by atomic mass is 10.2. The highest BCUT2D eigenvalue weighted by atomic mass is 32.1. The summed E-state index contributed by atoms with van der Waals surface area (Å²) < 4.78 is 4.44. The number of hydrogen-bond acceptors (Lipinski definition) is 2. The molecule has 1 aromatic carbocycles. The van der Waals surface area contributed by atoms with Crippen LogP contribution in [0.25, 0.3) is 6.08 Å². The first-order valence-corrected chi connectivity index (χ1v) is 3.79. The number of hydrogen-bond donors (Lipinski definition) is 0. The fourth-order valence-corrected chi connectivity index (χ4v) is 0.788. The maximum Gasteiger partial charge on any atom is 0.404 e. The van der Waals surface area contributed by atoms with Gasteiger partial charge in [0.1, 0.15) is 0 Å². The van der Waals surface area contributed by atoms with Gasteiger partial charge in [-0.15, -0.1) is 0 Å². The minimum atomic E-state index is -0.720. The van der Waals surface area contributed by atoms with E-state index in [9.17, 15) is 4.79 Å². The first-order chi connectivity index (χ1) is 5.79. The fraction of sp³-hybridized carbons (Fsp3) is 0. The van der Waals surface area contributed by atoms with Crippen molar-refractivity contribution in [3.63, 3.8) is 0 Å². The van der Waals surface area contributed by atoms with Gasteiger partial charge in [0.25, 0.3) is 0 Å². The number of benzene rings is 1. The van der Waals surface area contributed by atoms with Gasteiger partial charge in [-0.25, -0.2) is 4.79 Å². The van der Waals surface area contributed by atoms with Gasteiger partial charge in [0, 0.05) is 12.6 Å². The Morgan fingerprint density at radius 1 is 1.33 bits per heavy atom. The molecule has 0 unspecified atom stereocenters. The molecular weight excluding hydrogens is 172 g/mol. The van der Waals surface area contributed by atoms with Gasteiger partial charge in [-0.05, 0) is 11.6 Å². The second kappa shape index (κ2) is 4.51. The van der Waals surface area contributed by atoms with E-state index in [4.69, 9.17) is 0 Å². The highest BCUT2D eigenvalue weighted by Crippen LogP contribution is 2.01. The second-order valence-electron chi connectivity index (χ2n) is 2.08. The number of ether oxygens (including phenoxy) is 1. The molecule has 1 aromatic rings. The van der Waals surface area contributed by atoms with E-state index in [2.05, 4.69) is 17.4 Å². The van der Waals surface area contributed by atoms with E-state index in [0.717, 1.165) is 5.56 Å². The SMILES string of the molecule is O=C([S])O/C=C/c1ccccc1. The van der Waals surface area contributed by atoms with E-state index in [0.29, 0.717) is 0 Å². The Bertz CT molecular complexity index is 280. The fourth-order valence-electron chi connectivity index (χ4n) is 0.732. The van der Waals surface area contributed by atoms with E-state index in [-0.39, 0.29) is 0 Å². The van der Waals surface area contributed by atoms with Crippen molar-refractivity contribution in [2.75, 3.05) is 0 Å². The van der Waals surface area contributed by atoms with Gasteiger partial charge < -0.3 is 4.74 Å². The van der Waals surface area contributed by atoms with Crippen molar-refractivity contribution >= 4 is 24.0 Å². The normalized spacial score (nSPS) is 10.0. The van der Waals surface area contributed by atoms with Gasteiger partial charge in [0.05, 0.1) is 6.26 Å². The Balaban J connectivity index is 2.52. The zero-order chi connectivity index (χ0) is 8.81. The summed E-state index contributed by atoms with van der Waals surface area (Å²) in [5, 5.41) is -0.720. The molecule has 0 saturated carbocycles. The van der Waals surface area contributed by atoms with Crippen LogP contribution in [-0.4, -0.2) is 5.30 Å². The lowest BCUT2D eigenvalue weighted by Crippen LogP contribution is -1.82. The third kappa shape index (κ3) is 3.16. The first-order valence-electron chi connectivity index (χ1n) is 3.38. The van der Waals surface area contributed by atoms with Crippen LogP contribution in [0.1, 0.15) is 5.56 Å². The van der Waals surface area contributed by atoms with Crippen LogP contribution in [0.15, 0.2) is 36.6 Å². The second-order valence-corrected chi connectivity index (χ2v) is 2.41. The molecular formula is C9H7O2S. The molecule has 0 saturated heterocycles. The van der Waals surface area contributed by atoms with Crippen LogP contribution in [0, 0.1) is 0 Å². The van der Waals surface area contributed by atoms with E-state index in [1.807, 2.05) is 30.3 Å². The molecule has 1 radical (unpaired) electrons. The van der Waals surface area contributed by atoms with Gasteiger partial charge in [-0.3, -0.25) is 0 Å². The largest absolute Gasteiger partial charge is 0.423 e. The van der Waals surface area contributed by atoms with Crippen LogP contribution < -0.4 is 0 Å². The highest BCUT2D eigenvalue weighted by molar-refractivity contribution is 7.96. The third-order valence-corrected chi connectivity index (χ3v) is 1.32. The minimum Gasteiger partial charge on any atom is -0.423 e. The lowest BCUT2D eigenvalue weighted by Gasteiger charge is -1.90. The molecule has 0 aliphatic carbocycles. The van der Waals surface area contributed by atoms with Crippen LogP contribution >= 0.6 is 12.6 Å². The lowest BCUT2D eigenvalue weighted by molar-refractivity contribution is 0.215. The Morgan fingerprint density at radius 3 is 2.58 bits per heavy atom. The molecule has 0 amide bonds. The molecule has 12 heavy (non-hydrogen) atoms. The summed E-state index contributed by atoms with van der Waals surface area (Å²) in [5.74, 6) is 0. The van der Waals surface area contributed by atoms with Crippen molar-refractivity contribution in [3.05, 3.63) is 42.2 Å². The summed E-state index contributed by atoms with van der Waals surface area (Å²) in [6, 6.07) is 9.50. The molecule has 3 heteroatoms. The standard InChI is InChI=1S/C9H7O2S/c10-9(12)11-7-6-8-4-2-1-3-5-8/h1-7H/b7-6+. The summed E-state index contributed by atoms with van der Waals surface area (Å²) in [6.07, 6.45) is 2.95. The Morgan fingerprint density at radius 2 is 2.00 bits per heavy atom. The monoisotopic (exact) mass is 179 g/mol. The van der Waals surface area contributed by atoms with Gasteiger partial charge in [0.2, 0.25) is 0 Å². The van der Waals surface area contributed by atoms with Crippen molar-refractivity contribution in [2.24, 2.45) is 0 Å². The van der Waals surface area contributed by atoms with Crippen molar-refractivity contribution < 1.29 is 9.53 Å². The molecule has 0 bridgehead atoms. The maximum absolute atomic E-state index is 10.2. The maximum atomic E-state index is 10.2. The Hall–Kier alpha value is -1.35. The van der Waals surface area contributed by atoms with Crippen molar-refractivity contribution in [1.82, 2.24) is 0 Å². The van der Waals surface area contributed by atoms with E-state index in [1.165, 1.54) is 6.26 Å². The summed E-state index contributed by atoms with van der Waals surface area (Å²) in [4.78, 5) is 10.2. The van der Waals surface area contributed by atoms with Crippen LogP contribution in [-0.2, 0) is 4.74 Å². The molecule has 0 spiro atoms. The van der Waals surface area contributed by atoms with Gasteiger partial charge in [0.15, 0.2) is 0 Å². The van der Waals surface area contributed by atoms with Crippen LogP contribution in [0.4, 0.5) is 4.79 Å².